The van der Waals surface area contributed by atoms with Crippen LogP contribution in [-0.4, -0.2) is 96.5 Å². The topological polar surface area (TPSA) is 203 Å². The van der Waals surface area contributed by atoms with Crippen LogP contribution in [-0.2, 0) is 30.8 Å². The number of hydrogen-bond acceptors (Lipinski definition) is 10. The molecule has 15 nitrogen and oxygen atoms in total. The number of carboxylic acid groups (broad SMARTS) is 1. The third-order valence-corrected chi connectivity index (χ3v) is 14.1. The van der Waals surface area contributed by atoms with Crippen molar-refractivity contribution in [3.63, 3.8) is 0 Å². The Bertz CT molecular complexity index is 2470. The van der Waals surface area contributed by atoms with E-state index in [-0.39, 0.29) is 25.8 Å². The van der Waals surface area contributed by atoms with E-state index in [1.165, 1.54) is 18.1 Å². The number of ether oxygens (including phenoxy) is 3. The van der Waals surface area contributed by atoms with Gasteiger partial charge in [0.05, 0.1) is 36.7 Å². The van der Waals surface area contributed by atoms with Gasteiger partial charge in [0.25, 0.3) is 5.91 Å². The van der Waals surface area contributed by atoms with Crippen LogP contribution in [0.15, 0.2) is 91.5 Å². The first-order valence-electron chi connectivity index (χ1n) is 20.1. The number of pyridine rings is 1. The van der Waals surface area contributed by atoms with Gasteiger partial charge in [0.2, 0.25) is 21.8 Å². The van der Waals surface area contributed by atoms with Crippen molar-refractivity contribution in [3.8, 4) is 28.5 Å². The minimum atomic E-state index is -4.22. The number of hydrogen-bond donors (Lipinski definition) is 4. The highest BCUT2D eigenvalue weighted by molar-refractivity contribution is 7.91. The van der Waals surface area contributed by atoms with Crippen LogP contribution >= 0.6 is 0 Å². The van der Waals surface area contributed by atoms with Gasteiger partial charge in [-0.3, -0.25) is 19.1 Å². The van der Waals surface area contributed by atoms with Crippen LogP contribution in [0.2, 0.25) is 0 Å². The van der Waals surface area contributed by atoms with Gasteiger partial charge in [-0.25, -0.2) is 18.2 Å². The van der Waals surface area contributed by atoms with Crippen molar-refractivity contribution < 1.29 is 46.9 Å². The fraction of sp³-hybridized carbons (Fsp3) is 0.400. The first-order chi connectivity index (χ1) is 28.9. The summed E-state index contributed by atoms with van der Waals surface area (Å²) in [6.07, 6.45) is 0.193. The second kappa shape index (κ2) is 16.4. The molecule has 2 heterocycles. The summed E-state index contributed by atoms with van der Waals surface area (Å²) in [4.78, 5) is 61.2. The van der Waals surface area contributed by atoms with Crippen molar-refractivity contribution in [1.29, 1.82) is 0 Å². The molecule has 2 saturated carbocycles. The summed E-state index contributed by atoms with van der Waals surface area (Å²) >= 11 is 0. The lowest BCUT2D eigenvalue weighted by molar-refractivity contribution is -0.142. The molecule has 0 bridgehead atoms. The van der Waals surface area contributed by atoms with E-state index in [1.54, 1.807) is 70.3 Å². The maximum Gasteiger partial charge on any atom is 0.405 e. The molecular formula is C45H51N5O10S. The third kappa shape index (κ3) is 8.72. The van der Waals surface area contributed by atoms with Gasteiger partial charge in [-0.2, -0.15) is 0 Å². The van der Waals surface area contributed by atoms with Gasteiger partial charge in [-0.1, -0.05) is 69.3 Å². The first kappa shape index (κ1) is 42.9. The van der Waals surface area contributed by atoms with E-state index < -0.39 is 73.6 Å². The number of carbonyl (C=O) groups is 4. The Balaban J connectivity index is 1.17. The van der Waals surface area contributed by atoms with Crippen molar-refractivity contribution in [3.05, 3.63) is 97.1 Å². The molecule has 3 aliphatic rings. The van der Waals surface area contributed by atoms with Crippen LogP contribution in [0.1, 0.15) is 52.0 Å². The zero-order valence-electron chi connectivity index (χ0n) is 34.8. The minimum Gasteiger partial charge on any atom is -0.497 e. The number of nitrogens with zero attached hydrogens (tertiary/aromatic N) is 2. The van der Waals surface area contributed by atoms with Gasteiger partial charge in [-0.15, -0.1) is 6.58 Å². The van der Waals surface area contributed by atoms with Gasteiger partial charge in [0, 0.05) is 35.4 Å². The number of carbonyl (C=O) groups excluding carboxylic acids is 3. The molecule has 2 aliphatic carbocycles. The summed E-state index contributed by atoms with van der Waals surface area (Å²) in [5.41, 5.74) is 0.205. The Hall–Kier alpha value is -6.16. The molecule has 1 aliphatic heterocycles. The molecule has 0 spiro atoms. The Morgan fingerprint density at radius 3 is 2.25 bits per heavy atom. The van der Waals surface area contributed by atoms with Crippen molar-refractivity contribution in [2.45, 2.75) is 81.3 Å². The molecule has 1 aromatic heterocycles. The number of methoxy groups -OCH3 is 2. The summed E-state index contributed by atoms with van der Waals surface area (Å²) in [5.74, 6) is -1.26. The lowest BCUT2D eigenvalue weighted by atomic mass is 9.85. The summed E-state index contributed by atoms with van der Waals surface area (Å²) in [7, 11) is -1.13. The van der Waals surface area contributed by atoms with Crippen LogP contribution < -0.4 is 29.6 Å². The molecule has 3 aromatic carbocycles. The Morgan fingerprint density at radius 1 is 0.984 bits per heavy atom. The molecule has 3 fully saturated rings. The Morgan fingerprint density at radius 2 is 1.66 bits per heavy atom. The van der Waals surface area contributed by atoms with E-state index in [1.807, 2.05) is 36.4 Å². The number of fused-ring (bicyclic) bond motifs is 1. The fourth-order valence-corrected chi connectivity index (χ4v) is 9.74. The van der Waals surface area contributed by atoms with Gasteiger partial charge in [0.15, 0.2) is 0 Å². The number of aromatic nitrogens is 1. The number of nitrogens with one attached hydrogen (secondary N) is 3. The summed E-state index contributed by atoms with van der Waals surface area (Å²) in [5, 5.41) is 15.5. The quantitative estimate of drug-likeness (QED) is 0.114. The first-order valence-corrected chi connectivity index (χ1v) is 21.6. The van der Waals surface area contributed by atoms with E-state index in [9.17, 15) is 32.7 Å². The maximum atomic E-state index is 14.6. The van der Waals surface area contributed by atoms with Crippen molar-refractivity contribution in [1.82, 2.24) is 25.2 Å². The zero-order valence-corrected chi connectivity index (χ0v) is 35.6. The molecule has 0 radical (unpaired) electrons. The number of rotatable bonds is 15. The molecule has 322 valence electrons. The highest BCUT2D eigenvalue weighted by Crippen LogP contribution is 2.49. The third-order valence-electron chi connectivity index (χ3n) is 11.9. The zero-order chi connectivity index (χ0) is 43.9. The number of sulfonamides is 1. The number of benzene rings is 3. The lowest BCUT2D eigenvalue weighted by Gasteiger charge is -2.35. The maximum absolute atomic E-state index is 14.6. The molecule has 4 aromatic rings. The molecule has 61 heavy (non-hydrogen) atoms. The van der Waals surface area contributed by atoms with Crippen LogP contribution in [0.3, 0.4) is 0 Å². The van der Waals surface area contributed by atoms with Crippen LogP contribution in [0.4, 0.5) is 4.79 Å². The highest BCUT2D eigenvalue weighted by Gasteiger charge is 2.63. The lowest BCUT2D eigenvalue weighted by Crippen LogP contribution is -2.60. The molecule has 4 N–H and O–H groups in total. The smallest absolute Gasteiger partial charge is 0.405 e. The second-order valence-corrected chi connectivity index (χ2v) is 19.2. The van der Waals surface area contributed by atoms with Crippen LogP contribution in [0.25, 0.3) is 22.2 Å². The molecule has 16 heteroatoms. The predicted octanol–water partition coefficient (Wildman–Crippen LogP) is 5.23. The fourth-order valence-electron chi connectivity index (χ4n) is 8.10. The molecule has 7 rings (SSSR count). The summed E-state index contributed by atoms with van der Waals surface area (Å²) in [6.45, 7) is 8.82. The van der Waals surface area contributed by atoms with E-state index in [2.05, 4.69) is 21.9 Å². The molecule has 1 saturated heterocycles. The molecule has 5 atom stereocenters. The van der Waals surface area contributed by atoms with E-state index in [0.717, 1.165) is 11.1 Å². The SMILES string of the molecule is C=CC1CC1(NC(=O)C1CC(Oc2cc(-c3ccccc3)nc3cc(OC)ccc23)CN1C(=O)C(NC(=O)O)C(C)(C)C)C(=O)NS(=O)(=O)C1(Cc2ccc(OC)cc2)CC1. The van der Waals surface area contributed by atoms with E-state index >= 15 is 0 Å². The highest BCUT2D eigenvalue weighted by atomic mass is 32.2. The average molecular weight is 854 g/mol. The second-order valence-electron chi connectivity index (χ2n) is 17.1. The predicted molar refractivity (Wildman–Crippen MR) is 228 cm³/mol. The van der Waals surface area contributed by atoms with Gasteiger partial charge in [0.1, 0.15) is 41.0 Å². The Kier molecular flexibility index (Phi) is 11.5. The van der Waals surface area contributed by atoms with E-state index in [0.29, 0.717) is 46.7 Å². The van der Waals surface area contributed by atoms with Crippen LogP contribution in [0.5, 0.6) is 17.2 Å². The van der Waals surface area contributed by atoms with Gasteiger partial charge in [-0.05, 0) is 60.9 Å². The number of likely N-dealkylation sites (tertiary alicyclic amines) is 1. The summed E-state index contributed by atoms with van der Waals surface area (Å²) in [6, 6.07) is 21.2. The largest absolute Gasteiger partial charge is 0.497 e. The summed E-state index contributed by atoms with van der Waals surface area (Å²) < 4.78 is 46.2. The monoisotopic (exact) mass is 853 g/mol. The Labute approximate surface area is 354 Å². The molecule has 4 amide bonds. The normalized spacial score (nSPS) is 22.0. The minimum absolute atomic E-state index is 0.0398. The average Bonchev–Trinajstić information content (AvgIpc) is 4.14. The number of amides is 4. The van der Waals surface area contributed by atoms with Gasteiger partial charge >= 0.3 is 6.09 Å². The van der Waals surface area contributed by atoms with Crippen molar-refractivity contribution in [2.75, 3.05) is 20.8 Å². The molecular weight excluding hydrogens is 803 g/mol. The standard InChI is InChI=1S/C45H51N5O10S/c1-7-29-25-45(29,41(53)49-61(56,57)44(19-20-44)24-27-13-15-30(58-5)16-14-27)48-39(51)36-22-32(26-50(36)40(52)38(43(2,3)4)47-42(54)55)60-37-23-34(28-11-9-8-10-12-28)46-35-21-31(59-6)17-18-33(35)37/h7-18,21,23,29,32,36,38,47H,1,19-20,22,24-26H2,2-6H3,(H,48,51)(H,49,53)(H,54,55). The van der Waals surface area contributed by atoms with E-state index in [4.69, 9.17) is 19.2 Å². The molecule has 5 unspecified atom stereocenters. The van der Waals surface area contributed by atoms with Crippen LogP contribution in [0, 0.1) is 11.3 Å². The van der Waals surface area contributed by atoms with Gasteiger partial charge < -0.3 is 34.9 Å². The van der Waals surface area contributed by atoms with Crippen molar-refractivity contribution in [2.24, 2.45) is 11.3 Å². The van der Waals surface area contributed by atoms with Crippen molar-refractivity contribution >= 4 is 44.7 Å².